The number of allylic oxidation sites excluding steroid dienone is 4. The lowest BCUT2D eigenvalue weighted by atomic mass is 10.0. The van der Waals surface area contributed by atoms with E-state index >= 15 is 0 Å². The summed E-state index contributed by atoms with van der Waals surface area (Å²) in [5.74, 6) is 0. The van der Waals surface area contributed by atoms with E-state index in [-0.39, 0.29) is 7.92 Å². The third-order valence-electron chi connectivity index (χ3n) is 3.42. The molecule has 0 aliphatic carbocycles. The van der Waals surface area contributed by atoms with Crippen molar-refractivity contribution in [1.29, 1.82) is 0 Å². The maximum Gasteiger partial charge on any atom is 0.0346 e. The Morgan fingerprint density at radius 1 is 1.00 bits per heavy atom. The van der Waals surface area contributed by atoms with Gasteiger partial charge in [-0.25, -0.2) is 0 Å². The topological polar surface area (TPSA) is 25.8 Å². The Balaban J connectivity index is 2.01. The van der Waals surface area contributed by atoms with Crippen molar-refractivity contribution in [1.82, 2.24) is 9.97 Å². The molecule has 0 radical (unpaired) electrons. The Kier molecular flexibility index (Phi) is 4.03. The molecule has 1 aliphatic heterocycles. The molecule has 100 valence electrons. The standard InChI is InChI=1S/C17H17N2P/c1-20-9-6-14(15-4-2-7-18-11-15)10-17(13-20)16-5-3-8-19-12-16/h2-8,10-12H,9,13H2,1H3. The van der Waals surface area contributed by atoms with Gasteiger partial charge in [-0.1, -0.05) is 24.3 Å². The SMILES string of the molecule is CP1CC=C(c2cccnc2)C=C(c2cccnc2)C1. The summed E-state index contributed by atoms with van der Waals surface area (Å²) in [5.41, 5.74) is 5.10. The van der Waals surface area contributed by atoms with Crippen molar-refractivity contribution in [3.05, 3.63) is 72.3 Å². The second-order valence-electron chi connectivity index (χ2n) is 5.01. The molecule has 0 bridgehead atoms. The second-order valence-corrected chi connectivity index (χ2v) is 7.40. The number of hydrogen-bond donors (Lipinski definition) is 0. The summed E-state index contributed by atoms with van der Waals surface area (Å²) in [6, 6.07) is 8.27. The van der Waals surface area contributed by atoms with Crippen LogP contribution in [0.4, 0.5) is 0 Å². The molecule has 0 spiro atoms. The zero-order valence-corrected chi connectivity index (χ0v) is 12.4. The minimum Gasteiger partial charge on any atom is -0.264 e. The molecular weight excluding hydrogens is 263 g/mol. The summed E-state index contributed by atoms with van der Waals surface area (Å²) >= 11 is 0. The molecule has 1 aliphatic rings. The summed E-state index contributed by atoms with van der Waals surface area (Å²) in [4.78, 5) is 8.48. The van der Waals surface area contributed by atoms with E-state index in [1.807, 2.05) is 36.9 Å². The molecule has 20 heavy (non-hydrogen) atoms. The first-order valence-corrected chi connectivity index (χ1v) is 8.89. The highest BCUT2D eigenvalue weighted by Gasteiger charge is 2.12. The predicted octanol–water partition coefficient (Wildman–Crippen LogP) is 4.07. The van der Waals surface area contributed by atoms with E-state index in [0.29, 0.717) is 0 Å². The molecule has 1 unspecified atom stereocenters. The molecule has 3 heteroatoms. The summed E-state index contributed by atoms with van der Waals surface area (Å²) in [7, 11) is 0.00896. The fourth-order valence-electron chi connectivity index (χ4n) is 2.36. The monoisotopic (exact) mass is 280 g/mol. The summed E-state index contributed by atoms with van der Waals surface area (Å²) in [6.45, 7) is 2.36. The Bertz CT molecular complexity index is 633. The van der Waals surface area contributed by atoms with Crippen molar-refractivity contribution in [2.24, 2.45) is 0 Å². The van der Waals surface area contributed by atoms with Crippen molar-refractivity contribution < 1.29 is 0 Å². The van der Waals surface area contributed by atoms with E-state index in [4.69, 9.17) is 0 Å². The maximum absolute atomic E-state index is 4.25. The van der Waals surface area contributed by atoms with Crippen LogP contribution in [0.2, 0.25) is 0 Å². The summed E-state index contributed by atoms with van der Waals surface area (Å²) < 4.78 is 0. The molecular formula is C17H17N2P. The van der Waals surface area contributed by atoms with Gasteiger partial charge in [0, 0.05) is 24.8 Å². The summed E-state index contributed by atoms with van der Waals surface area (Å²) in [5, 5.41) is 0. The van der Waals surface area contributed by atoms with E-state index in [9.17, 15) is 0 Å². The van der Waals surface area contributed by atoms with Gasteiger partial charge in [0.05, 0.1) is 0 Å². The molecule has 0 saturated heterocycles. The average molecular weight is 280 g/mol. The average Bonchev–Trinajstić information content (AvgIpc) is 2.71. The number of pyridine rings is 2. The van der Waals surface area contributed by atoms with Gasteiger partial charge in [0.25, 0.3) is 0 Å². The molecule has 2 aromatic rings. The largest absolute Gasteiger partial charge is 0.264 e. The molecule has 0 aromatic carbocycles. The number of hydrogen-bond acceptors (Lipinski definition) is 2. The number of aromatic nitrogens is 2. The lowest BCUT2D eigenvalue weighted by Crippen LogP contribution is -1.91. The van der Waals surface area contributed by atoms with Gasteiger partial charge in [-0.05, 0) is 53.4 Å². The first-order chi connectivity index (χ1) is 9.83. The van der Waals surface area contributed by atoms with Crippen molar-refractivity contribution in [2.75, 3.05) is 19.0 Å². The smallest absolute Gasteiger partial charge is 0.0346 e. The van der Waals surface area contributed by atoms with Gasteiger partial charge in [-0.2, -0.15) is 0 Å². The van der Waals surface area contributed by atoms with E-state index in [0.717, 1.165) is 6.16 Å². The van der Waals surface area contributed by atoms with Crippen LogP contribution >= 0.6 is 7.92 Å². The predicted molar refractivity (Wildman–Crippen MR) is 87.0 cm³/mol. The molecule has 0 fully saturated rings. The lowest BCUT2D eigenvalue weighted by Gasteiger charge is -2.11. The highest BCUT2D eigenvalue weighted by Crippen LogP contribution is 2.40. The lowest BCUT2D eigenvalue weighted by molar-refractivity contribution is 1.30. The number of rotatable bonds is 2. The third kappa shape index (κ3) is 3.02. The van der Waals surface area contributed by atoms with Crippen molar-refractivity contribution in [2.45, 2.75) is 0 Å². The molecule has 1 atom stereocenters. The maximum atomic E-state index is 4.25. The van der Waals surface area contributed by atoms with Crippen LogP contribution in [0.5, 0.6) is 0 Å². The molecule has 3 heterocycles. The molecule has 3 rings (SSSR count). The van der Waals surface area contributed by atoms with Gasteiger partial charge < -0.3 is 0 Å². The van der Waals surface area contributed by atoms with Crippen LogP contribution in [0.25, 0.3) is 11.1 Å². The van der Waals surface area contributed by atoms with Gasteiger partial charge >= 0.3 is 0 Å². The van der Waals surface area contributed by atoms with Crippen LogP contribution in [0, 0.1) is 0 Å². The van der Waals surface area contributed by atoms with Crippen molar-refractivity contribution in [3.8, 4) is 0 Å². The van der Waals surface area contributed by atoms with Gasteiger partial charge in [0.15, 0.2) is 0 Å². The molecule has 0 N–H and O–H groups in total. The van der Waals surface area contributed by atoms with Gasteiger partial charge in [-0.15, -0.1) is 7.92 Å². The molecule has 0 saturated carbocycles. The van der Waals surface area contributed by atoms with E-state index in [1.165, 1.54) is 28.4 Å². The van der Waals surface area contributed by atoms with Crippen molar-refractivity contribution in [3.63, 3.8) is 0 Å². The van der Waals surface area contributed by atoms with Crippen LogP contribution in [-0.4, -0.2) is 29.0 Å². The Hall–Kier alpha value is -1.79. The highest BCUT2D eigenvalue weighted by molar-refractivity contribution is 7.57. The summed E-state index contributed by atoms with van der Waals surface area (Å²) in [6.07, 6.45) is 14.5. The fourth-order valence-corrected chi connectivity index (χ4v) is 3.86. The molecule has 2 nitrogen and oxygen atoms in total. The third-order valence-corrected chi connectivity index (χ3v) is 5.11. The first-order valence-electron chi connectivity index (χ1n) is 6.73. The Morgan fingerprint density at radius 2 is 1.70 bits per heavy atom. The minimum atomic E-state index is 0.00896. The van der Waals surface area contributed by atoms with Gasteiger partial charge in [-0.3, -0.25) is 9.97 Å². The quantitative estimate of drug-likeness (QED) is 0.775. The zero-order chi connectivity index (χ0) is 13.8. The molecule has 0 amide bonds. The van der Waals surface area contributed by atoms with Crippen LogP contribution in [-0.2, 0) is 0 Å². The highest BCUT2D eigenvalue weighted by atomic mass is 31.1. The van der Waals surface area contributed by atoms with E-state index in [2.05, 4.69) is 40.9 Å². The van der Waals surface area contributed by atoms with Crippen LogP contribution in [0.3, 0.4) is 0 Å². The normalized spacial score (nSPS) is 18.9. The van der Waals surface area contributed by atoms with Gasteiger partial charge in [0.2, 0.25) is 0 Å². The Labute approximate surface area is 121 Å². The van der Waals surface area contributed by atoms with E-state index < -0.39 is 0 Å². The minimum absolute atomic E-state index is 0.00896. The van der Waals surface area contributed by atoms with Crippen molar-refractivity contribution >= 4 is 19.1 Å². The van der Waals surface area contributed by atoms with Crippen LogP contribution < -0.4 is 0 Å². The fraction of sp³-hybridized carbons (Fsp3) is 0.176. The number of nitrogens with zero attached hydrogens (tertiary/aromatic N) is 2. The first kappa shape index (κ1) is 13.2. The Morgan fingerprint density at radius 3 is 2.35 bits per heavy atom. The van der Waals surface area contributed by atoms with E-state index in [1.54, 1.807) is 0 Å². The molecule has 2 aromatic heterocycles. The zero-order valence-electron chi connectivity index (χ0n) is 11.5. The van der Waals surface area contributed by atoms with Crippen LogP contribution in [0.1, 0.15) is 11.1 Å². The van der Waals surface area contributed by atoms with Gasteiger partial charge in [0.1, 0.15) is 0 Å². The second kappa shape index (κ2) is 6.11. The van der Waals surface area contributed by atoms with Crippen LogP contribution in [0.15, 0.2) is 61.2 Å².